The molecule has 1 aliphatic rings. The van der Waals surface area contributed by atoms with Gasteiger partial charge in [0.05, 0.1) is 24.8 Å². The zero-order chi connectivity index (χ0) is 28.6. The Hall–Kier alpha value is -4.82. The number of thiophene rings is 1. The van der Waals surface area contributed by atoms with Gasteiger partial charge in [-0.3, -0.25) is 14.4 Å². The van der Waals surface area contributed by atoms with Crippen molar-refractivity contribution < 1.29 is 24.2 Å². The number of hydrogen-bond donors (Lipinski definition) is 1. The van der Waals surface area contributed by atoms with Crippen LogP contribution in [-0.4, -0.2) is 51.2 Å². The molecule has 2 aromatic carbocycles. The van der Waals surface area contributed by atoms with E-state index in [4.69, 9.17) is 19.6 Å². The van der Waals surface area contributed by atoms with Gasteiger partial charge in [-0.1, -0.05) is 30.3 Å². The molecule has 202 valence electrons. The van der Waals surface area contributed by atoms with Gasteiger partial charge in [-0.2, -0.15) is 5.26 Å². The zero-order valence-electron chi connectivity index (χ0n) is 22.3. The lowest BCUT2D eigenvalue weighted by molar-refractivity contribution is -0.141. The summed E-state index contributed by atoms with van der Waals surface area (Å²) in [4.78, 5) is 29.4. The monoisotopic (exact) mass is 555 g/mol. The summed E-state index contributed by atoms with van der Waals surface area (Å²) in [5, 5.41) is 28.1. The molecule has 10 nitrogen and oxygen atoms in total. The van der Waals surface area contributed by atoms with Crippen LogP contribution in [0.1, 0.15) is 51.2 Å². The van der Waals surface area contributed by atoms with Crippen LogP contribution in [0.5, 0.6) is 5.75 Å². The maximum atomic E-state index is 12.3. The van der Waals surface area contributed by atoms with Gasteiger partial charge >= 0.3 is 11.9 Å². The van der Waals surface area contributed by atoms with Crippen molar-refractivity contribution in [2.24, 2.45) is 4.99 Å². The van der Waals surface area contributed by atoms with E-state index in [9.17, 15) is 14.9 Å². The number of esters is 1. The van der Waals surface area contributed by atoms with Crippen LogP contribution < -0.4 is 4.74 Å². The maximum Gasteiger partial charge on any atom is 0.341 e. The summed E-state index contributed by atoms with van der Waals surface area (Å²) in [6.07, 6.45) is 0.0242. The van der Waals surface area contributed by atoms with E-state index in [-0.39, 0.29) is 17.7 Å². The third-order valence-electron chi connectivity index (χ3n) is 6.77. The molecule has 0 radical (unpaired) electrons. The van der Waals surface area contributed by atoms with Gasteiger partial charge < -0.3 is 14.6 Å². The molecule has 11 heteroatoms. The fourth-order valence-corrected chi connectivity index (χ4v) is 5.86. The molecule has 0 spiro atoms. The minimum absolute atomic E-state index is 0.0242. The third-order valence-corrected chi connectivity index (χ3v) is 7.96. The number of fused-ring (bicyclic) bond motifs is 3. The van der Waals surface area contributed by atoms with E-state index in [2.05, 4.69) is 30.1 Å². The van der Waals surface area contributed by atoms with Gasteiger partial charge in [0.15, 0.2) is 12.4 Å². The molecular formula is C29H25N5O5S. The zero-order valence-corrected chi connectivity index (χ0v) is 23.1. The van der Waals surface area contributed by atoms with Gasteiger partial charge in [0.1, 0.15) is 28.7 Å². The average molecular weight is 556 g/mol. The minimum atomic E-state index is -1.12. The van der Waals surface area contributed by atoms with Crippen molar-refractivity contribution in [1.82, 2.24) is 14.8 Å². The van der Waals surface area contributed by atoms with Gasteiger partial charge in [0, 0.05) is 16.0 Å². The topological polar surface area (TPSA) is 140 Å². The van der Waals surface area contributed by atoms with E-state index < -0.39 is 24.6 Å². The second kappa shape index (κ2) is 10.7. The SMILES string of the molecule is COC(=O)C[C@@H]1N=C(c2ccc(-c3ccc(OCC(=O)O)c(C#N)c3)cc2)c2c(sc(C)c2C)-n2c(C)nnc21. The molecular weight excluding hydrogens is 530 g/mol. The highest BCUT2D eigenvalue weighted by molar-refractivity contribution is 7.15. The van der Waals surface area contributed by atoms with E-state index >= 15 is 0 Å². The van der Waals surface area contributed by atoms with Gasteiger partial charge in [-0.05, 0) is 49.6 Å². The van der Waals surface area contributed by atoms with Gasteiger partial charge in [0.2, 0.25) is 0 Å². The van der Waals surface area contributed by atoms with E-state index in [0.717, 1.165) is 43.4 Å². The summed E-state index contributed by atoms with van der Waals surface area (Å²) in [5.41, 5.74) is 5.55. The number of carbonyl (C=O) groups excluding carboxylic acids is 1. The Morgan fingerprint density at radius 3 is 2.45 bits per heavy atom. The fourth-order valence-electron chi connectivity index (χ4n) is 4.65. The molecule has 1 aliphatic heterocycles. The molecule has 0 saturated carbocycles. The van der Waals surface area contributed by atoms with Crippen LogP contribution in [0.2, 0.25) is 0 Å². The summed E-state index contributed by atoms with van der Waals surface area (Å²) in [5.74, 6) is 0.00760. The number of benzene rings is 2. The second-order valence-corrected chi connectivity index (χ2v) is 10.5. The van der Waals surface area contributed by atoms with Crippen LogP contribution in [0.3, 0.4) is 0 Å². The number of methoxy groups -OCH3 is 1. The number of ether oxygens (including phenoxy) is 2. The molecule has 4 aromatic rings. The van der Waals surface area contributed by atoms with Crippen molar-refractivity contribution >= 4 is 29.0 Å². The Morgan fingerprint density at radius 1 is 1.07 bits per heavy atom. The summed E-state index contributed by atoms with van der Waals surface area (Å²) in [6, 6.07) is 14.3. The van der Waals surface area contributed by atoms with Crippen molar-refractivity contribution in [3.8, 4) is 27.9 Å². The molecule has 0 amide bonds. The predicted octanol–water partition coefficient (Wildman–Crippen LogP) is 4.71. The van der Waals surface area contributed by atoms with Crippen LogP contribution in [0.15, 0.2) is 47.5 Å². The molecule has 0 bridgehead atoms. The molecule has 0 saturated heterocycles. The van der Waals surface area contributed by atoms with Gasteiger partial charge in [0.25, 0.3) is 0 Å². The molecule has 3 heterocycles. The van der Waals surface area contributed by atoms with Crippen molar-refractivity contribution in [3.05, 3.63) is 81.2 Å². The van der Waals surface area contributed by atoms with Crippen molar-refractivity contribution in [2.45, 2.75) is 33.2 Å². The number of carboxylic acid groups (broad SMARTS) is 1. The van der Waals surface area contributed by atoms with Crippen molar-refractivity contribution in [1.29, 1.82) is 5.26 Å². The fraction of sp³-hybridized carbons (Fsp3) is 0.241. The number of aromatic nitrogens is 3. The first kappa shape index (κ1) is 26.8. The summed E-state index contributed by atoms with van der Waals surface area (Å²) >= 11 is 1.63. The average Bonchev–Trinajstić information content (AvgIpc) is 3.43. The normalized spacial score (nSPS) is 13.9. The Kier molecular flexibility index (Phi) is 7.19. The number of rotatable bonds is 7. The molecule has 0 aliphatic carbocycles. The van der Waals surface area contributed by atoms with E-state index in [1.165, 1.54) is 7.11 Å². The molecule has 1 N–H and O–H groups in total. The van der Waals surface area contributed by atoms with Crippen LogP contribution in [0, 0.1) is 32.1 Å². The highest BCUT2D eigenvalue weighted by atomic mass is 32.1. The molecule has 2 aromatic heterocycles. The predicted molar refractivity (Wildman–Crippen MR) is 148 cm³/mol. The lowest BCUT2D eigenvalue weighted by Crippen LogP contribution is -2.12. The number of aryl methyl sites for hydroxylation is 2. The first-order valence-electron chi connectivity index (χ1n) is 12.4. The highest BCUT2D eigenvalue weighted by Crippen LogP contribution is 2.40. The standard InChI is InChI=1S/C29H25N5O5S/c1-15-16(2)40-29-26(15)27(31-22(12-25(37)38-4)28-33-32-17(3)34(28)29)19-7-5-18(6-8-19)20-9-10-23(21(11-20)13-30)39-14-24(35)36/h5-11,22H,12,14H2,1-4H3,(H,35,36)/t22-/m0/s1. The van der Waals surface area contributed by atoms with Gasteiger partial charge in [-0.25, -0.2) is 4.79 Å². The Bertz CT molecular complexity index is 1710. The number of carboxylic acids is 1. The number of hydrogen-bond acceptors (Lipinski definition) is 9. The van der Waals surface area contributed by atoms with E-state index in [0.29, 0.717) is 11.6 Å². The largest absolute Gasteiger partial charge is 0.481 e. The molecule has 5 rings (SSSR count). The molecule has 1 atom stereocenters. The second-order valence-electron chi connectivity index (χ2n) is 9.26. The van der Waals surface area contributed by atoms with Gasteiger partial charge in [-0.15, -0.1) is 21.5 Å². The third kappa shape index (κ3) is 4.85. The minimum Gasteiger partial charge on any atom is -0.481 e. The lowest BCUT2D eigenvalue weighted by Gasteiger charge is -2.12. The molecule has 40 heavy (non-hydrogen) atoms. The summed E-state index contributed by atoms with van der Waals surface area (Å²) in [6.45, 7) is 5.48. The molecule has 0 unspecified atom stereocenters. The van der Waals surface area contributed by atoms with Crippen LogP contribution in [0.25, 0.3) is 16.1 Å². The smallest absolute Gasteiger partial charge is 0.341 e. The van der Waals surface area contributed by atoms with Crippen LogP contribution >= 0.6 is 11.3 Å². The van der Waals surface area contributed by atoms with Crippen LogP contribution in [-0.2, 0) is 14.3 Å². The van der Waals surface area contributed by atoms with Crippen LogP contribution in [0.4, 0.5) is 0 Å². The Balaban J connectivity index is 1.58. The quantitative estimate of drug-likeness (QED) is 0.323. The summed E-state index contributed by atoms with van der Waals surface area (Å²) in [7, 11) is 1.35. The number of aliphatic carboxylic acids is 1. The molecule has 0 fully saturated rings. The summed E-state index contributed by atoms with van der Waals surface area (Å²) < 4.78 is 12.2. The lowest BCUT2D eigenvalue weighted by atomic mass is 9.96. The first-order chi connectivity index (χ1) is 19.2. The van der Waals surface area contributed by atoms with E-state index in [1.54, 1.807) is 29.5 Å². The number of nitriles is 1. The Labute approximate surface area is 234 Å². The Morgan fingerprint density at radius 2 is 1.77 bits per heavy atom. The number of aliphatic imine (C=N–C) groups is 1. The van der Waals surface area contributed by atoms with Crippen molar-refractivity contribution in [2.75, 3.05) is 13.7 Å². The number of carbonyl (C=O) groups is 2. The first-order valence-corrected chi connectivity index (χ1v) is 13.2. The maximum absolute atomic E-state index is 12.3. The van der Waals surface area contributed by atoms with Crippen molar-refractivity contribution in [3.63, 3.8) is 0 Å². The number of nitrogens with zero attached hydrogens (tertiary/aromatic N) is 5. The highest BCUT2D eigenvalue weighted by Gasteiger charge is 2.32. The van der Waals surface area contributed by atoms with E-state index in [1.807, 2.05) is 35.8 Å².